The van der Waals surface area contributed by atoms with Crippen LogP contribution in [0, 0.1) is 6.92 Å². The second-order valence-corrected chi connectivity index (χ2v) is 8.34. The molecule has 0 spiro atoms. The second kappa shape index (κ2) is 6.38. The fraction of sp³-hybridized carbons (Fsp3) is 0.438. The lowest BCUT2D eigenvalue weighted by atomic mass is 9.84. The molecule has 3 rings (SSSR count). The fourth-order valence-electron chi connectivity index (χ4n) is 2.93. The number of hydrogen-bond acceptors (Lipinski definition) is 4. The summed E-state index contributed by atoms with van der Waals surface area (Å²) >= 11 is 1.30. The lowest BCUT2D eigenvalue weighted by Crippen LogP contribution is -2.13. The number of nitrogens with zero attached hydrogens (tertiary/aromatic N) is 1. The summed E-state index contributed by atoms with van der Waals surface area (Å²) in [5.74, 6) is 0.583. The SMILES string of the molecule is Cc1csc(NS(=O)(=O)c2ccc(C3CCCCC3)cc2)n1. The molecular formula is C16H20N2O2S2. The molecule has 1 fully saturated rings. The number of sulfonamides is 1. The zero-order chi connectivity index (χ0) is 15.6. The molecule has 0 saturated heterocycles. The highest BCUT2D eigenvalue weighted by Gasteiger charge is 2.18. The van der Waals surface area contributed by atoms with Crippen LogP contribution in [0.25, 0.3) is 0 Å². The Hall–Kier alpha value is -1.40. The summed E-state index contributed by atoms with van der Waals surface area (Å²) in [6, 6.07) is 7.31. The highest BCUT2D eigenvalue weighted by molar-refractivity contribution is 7.93. The van der Waals surface area contributed by atoms with Crippen LogP contribution in [-0.2, 0) is 10.0 Å². The molecule has 1 heterocycles. The van der Waals surface area contributed by atoms with Crippen LogP contribution in [0.1, 0.15) is 49.3 Å². The van der Waals surface area contributed by atoms with E-state index in [4.69, 9.17) is 0 Å². The van der Waals surface area contributed by atoms with Crippen molar-refractivity contribution in [1.29, 1.82) is 0 Å². The van der Waals surface area contributed by atoms with E-state index in [9.17, 15) is 8.42 Å². The Labute approximate surface area is 135 Å². The Balaban J connectivity index is 1.76. The molecule has 1 aliphatic carbocycles. The number of benzene rings is 1. The molecule has 4 nitrogen and oxygen atoms in total. The zero-order valence-corrected chi connectivity index (χ0v) is 14.2. The van der Waals surface area contributed by atoms with Gasteiger partial charge in [-0.1, -0.05) is 31.4 Å². The predicted molar refractivity (Wildman–Crippen MR) is 89.9 cm³/mol. The summed E-state index contributed by atoms with van der Waals surface area (Å²) in [6.07, 6.45) is 6.29. The second-order valence-electron chi connectivity index (χ2n) is 5.80. The molecule has 0 bridgehead atoms. The third kappa shape index (κ3) is 3.50. The molecule has 1 N–H and O–H groups in total. The smallest absolute Gasteiger partial charge is 0.255 e. The van der Waals surface area contributed by atoms with Gasteiger partial charge >= 0.3 is 0 Å². The predicted octanol–water partition coefficient (Wildman–Crippen LogP) is 4.30. The zero-order valence-electron chi connectivity index (χ0n) is 12.6. The van der Waals surface area contributed by atoms with Gasteiger partial charge in [0.15, 0.2) is 5.13 Å². The summed E-state index contributed by atoms with van der Waals surface area (Å²) < 4.78 is 27.2. The van der Waals surface area contributed by atoms with Crippen LogP contribution in [0.4, 0.5) is 5.13 Å². The van der Waals surface area contributed by atoms with E-state index in [1.807, 2.05) is 24.4 Å². The summed E-state index contributed by atoms with van der Waals surface area (Å²) in [5, 5.41) is 2.23. The summed E-state index contributed by atoms with van der Waals surface area (Å²) in [6.45, 7) is 1.84. The van der Waals surface area contributed by atoms with E-state index in [1.54, 1.807) is 12.1 Å². The van der Waals surface area contributed by atoms with E-state index in [1.165, 1.54) is 49.0 Å². The first kappa shape index (κ1) is 15.5. The fourth-order valence-corrected chi connectivity index (χ4v) is 4.87. The van der Waals surface area contributed by atoms with Crippen LogP contribution in [0.2, 0.25) is 0 Å². The van der Waals surface area contributed by atoms with Gasteiger partial charge in [-0.3, -0.25) is 4.72 Å². The van der Waals surface area contributed by atoms with Crippen LogP contribution < -0.4 is 4.72 Å². The monoisotopic (exact) mass is 336 g/mol. The summed E-state index contributed by atoms with van der Waals surface area (Å²) in [7, 11) is -3.55. The van der Waals surface area contributed by atoms with Crippen molar-refractivity contribution in [2.24, 2.45) is 0 Å². The van der Waals surface area contributed by atoms with Gasteiger partial charge in [0.2, 0.25) is 0 Å². The van der Waals surface area contributed by atoms with Crippen molar-refractivity contribution >= 4 is 26.5 Å². The Bertz CT molecular complexity index is 730. The molecule has 6 heteroatoms. The molecular weight excluding hydrogens is 316 g/mol. The molecule has 1 saturated carbocycles. The molecule has 22 heavy (non-hydrogen) atoms. The third-order valence-electron chi connectivity index (χ3n) is 4.11. The number of hydrogen-bond donors (Lipinski definition) is 1. The van der Waals surface area contributed by atoms with Crippen LogP contribution >= 0.6 is 11.3 Å². The first-order valence-electron chi connectivity index (χ1n) is 7.59. The van der Waals surface area contributed by atoms with Gasteiger partial charge < -0.3 is 0 Å². The molecule has 1 aliphatic rings. The number of nitrogens with one attached hydrogen (secondary N) is 1. The van der Waals surface area contributed by atoms with Gasteiger partial charge in [-0.15, -0.1) is 11.3 Å². The number of aromatic nitrogens is 1. The van der Waals surface area contributed by atoms with E-state index < -0.39 is 10.0 Å². The van der Waals surface area contributed by atoms with Crippen LogP contribution in [0.5, 0.6) is 0 Å². The van der Waals surface area contributed by atoms with Crippen molar-refractivity contribution < 1.29 is 8.42 Å². The number of aryl methyl sites for hydroxylation is 1. The molecule has 0 atom stereocenters. The first-order valence-corrected chi connectivity index (χ1v) is 9.96. The molecule has 1 aromatic heterocycles. The van der Waals surface area contributed by atoms with Crippen molar-refractivity contribution in [1.82, 2.24) is 4.98 Å². The summed E-state index contributed by atoms with van der Waals surface area (Å²) in [4.78, 5) is 4.43. The number of anilines is 1. The Morgan fingerprint density at radius 1 is 1.14 bits per heavy atom. The molecule has 0 aliphatic heterocycles. The van der Waals surface area contributed by atoms with Gasteiger partial charge in [0.05, 0.1) is 10.6 Å². The number of rotatable bonds is 4. The van der Waals surface area contributed by atoms with Crippen LogP contribution in [0.3, 0.4) is 0 Å². The standard InChI is InChI=1S/C16H20N2O2S2/c1-12-11-21-16(17-12)18-22(19,20)15-9-7-14(8-10-15)13-5-3-2-4-6-13/h7-11,13H,2-6H2,1H3,(H,17,18). The van der Waals surface area contributed by atoms with E-state index >= 15 is 0 Å². The Morgan fingerprint density at radius 2 is 1.82 bits per heavy atom. The van der Waals surface area contributed by atoms with Gasteiger partial charge in [0.1, 0.15) is 0 Å². The van der Waals surface area contributed by atoms with E-state index in [0.29, 0.717) is 15.9 Å². The normalized spacial score (nSPS) is 16.6. The number of thiazole rings is 1. The third-order valence-corrected chi connectivity index (χ3v) is 6.47. The first-order chi connectivity index (χ1) is 10.5. The van der Waals surface area contributed by atoms with Gasteiger partial charge in [-0.05, 0) is 43.4 Å². The average molecular weight is 336 g/mol. The van der Waals surface area contributed by atoms with E-state index in [2.05, 4.69) is 9.71 Å². The van der Waals surface area contributed by atoms with E-state index in [0.717, 1.165) is 5.69 Å². The van der Waals surface area contributed by atoms with Crippen LogP contribution in [-0.4, -0.2) is 13.4 Å². The molecule has 0 unspecified atom stereocenters. The minimum atomic E-state index is -3.55. The van der Waals surface area contributed by atoms with Crippen molar-refractivity contribution in [3.05, 3.63) is 40.9 Å². The molecule has 0 radical (unpaired) electrons. The largest absolute Gasteiger partial charge is 0.263 e. The molecule has 118 valence electrons. The highest BCUT2D eigenvalue weighted by Crippen LogP contribution is 2.33. The Kier molecular flexibility index (Phi) is 4.49. The van der Waals surface area contributed by atoms with Crippen LogP contribution in [0.15, 0.2) is 34.5 Å². The van der Waals surface area contributed by atoms with E-state index in [-0.39, 0.29) is 0 Å². The maximum absolute atomic E-state index is 12.4. The molecule has 0 amide bonds. The average Bonchev–Trinajstić information content (AvgIpc) is 2.93. The minimum absolute atomic E-state index is 0.292. The maximum Gasteiger partial charge on any atom is 0.263 e. The lowest BCUT2D eigenvalue weighted by molar-refractivity contribution is 0.443. The molecule has 2 aromatic rings. The van der Waals surface area contributed by atoms with Crippen molar-refractivity contribution in [2.75, 3.05) is 4.72 Å². The topological polar surface area (TPSA) is 59.1 Å². The highest BCUT2D eigenvalue weighted by atomic mass is 32.2. The van der Waals surface area contributed by atoms with Crippen molar-refractivity contribution in [3.63, 3.8) is 0 Å². The van der Waals surface area contributed by atoms with Gasteiger partial charge in [-0.25, -0.2) is 13.4 Å². The van der Waals surface area contributed by atoms with Gasteiger partial charge in [0, 0.05) is 5.38 Å². The van der Waals surface area contributed by atoms with Gasteiger partial charge in [0.25, 0.3) is 10.0 Å². The van der Waals surface area contributed by atoms with Gasteiger partial charge in [-0.2, -0.15) is 0 Å². The minimum Gasteiger partial charge on any atom is -0.255 e. The van der Waals surface area contributed by atoms with Crippen molar-refractivity contribution in [2.45, 2.75) is 49.8 Å². The Morgan fingerprint density at radius 3 is 2.41 bits per heavy atom. The molecule has 1 aromatic carbocycles. The maximum atomic E-state index is 12.4. The summed E-state index contributed by atoms with van der Waals surface area (Å²) in [5.41, 5.74) is 2.07. The lowest BCUT2D eigenvalue weighted by Gasteiger charge is -2.22. The quantitative estimate of drug-likeness (QED) is 0.905. The van der Waals surface area contributed by atoms with Crippen molar-refractivity contribution in [3.8, 4) is 0 Å².